The first kappa shape index (κ1) is 18.8. The van der Waals surface area contributed by atoms with E-state index in [9.17, 15) is 0 Å². The zero-order valence-electron chi connectivity index (χ0n) is 16.1. The van der Waals surface area contributed by atoms with E-state index in [0.717, 1.165) is 28.6 Å². The third-order valence-electron chi connectivity index (χ3n) is 5.63. The van der Waals surface area contributed by atoms with Crippen LogP contribution >= 0.6 is 11.8 Å². The van der Waals surface area contributed by atoms with Crippen molar-refractivity contribution in [1.29, 1.82) is 0 Å². The van der Waals surface area contributed by atoms with Crippen molar-refractivity contribution in [3.05, 3.63) is 36.4 Å². The number of nitrogens with zero attached hydrogens (tertiary/aromatic N) is 4. The molecule has 0 amide bonds. The molecule has 0 spiro atoms. The predicted octanol–water partition coefficient (Wildman–Crippen LogP) is 4.71. The summed E-state index contributed by atoms with van der Waals surface area (Å²) in [5.74, 6) is 1.10. The van der Waals surface area contributed by atoms with Gasteiger partial charge in [0.1, 0.15) is 5.03 Å². The van der Waals surface area contributed by atoms with Gasteiger partial charge in [-0.1, -0.05) is 18.6 Å². The fourth-order valence-electron chi connectivity index (χ4n) is 4.01. The lowest BCUT2D eigenvalue weighted by molar-refractivity contribution is 0.242. The summed E-state index contributed by atoms with van der Waals surface area (Å²) in [6, 6.07) is 13.0. The molecular weight excluding hydrogens is 352 g/mol. The third-order valence-corrected chi connectivity index (χ3v) is 6.53. The van der Waals surface area contributed by atoms with Crippen molar-refractivity contribution in [3.63, 3.8) is 0 Å². The number of rotatable bonds is 6. The maximum absolute atomic E-state index is 4.46. The number of anilines is 1. The lowest BCUT2D eigenvalue weighted by Crippen LogP contribution is -2.31. The van der Waals surface area contributed by atoms with Crippen LogP contribution in [0.2, 0.25) is 0 Å². The summed E-state index contributed by atoms with van der Waals surface area (Å²) in [5, 5.41) is 9.92. The molecule has 1 aromatic heterocycles. The molecule has 2 aromatic rings. The number of benzene rings is 1. The van der Waals surface area contributed by atoms with Crippen LogP contribution in [-0.2, 0) is 0 Å². The second-order valence-corrected chi connectivity index (χ2v) is 8.72. The van der Waals surface area contributed by atoms with Crippen LogP contribution in [0.1, 0.15) is 38.5 Å². The Kier molecular flexibility index (Phi) is 6.64. The molecule has 5 heteroatoms. The molecule has 27 heavy (non-hydrogen) atoms. The number of hydrogen-bond acceptors (Lipinski definition) is 5. The van der Waals surface area contributed by atoms with Crippen molar-refractivity contribution in [3.8, 4) is 11.3 Å². The molecule has 0 aliphatic carbocycles. The van der Waals surface area contributed by atoms with E-state index in [1.54, 1.807) is 0 Å². The van der Waals surface area contributed by atoms with Crippen LogP contribution in [0.25, 0.3) is 11.3 Å². The third kappa shape index (κ3) is 5.23. The van der Waals surface area contributed by atoms with Crippen LogP contribution in [-0.4, -0.2) is 53.6 Å². The Hall–Kier alpha value is -1.59. The molecule has 4 rings (SSSR count). The monoisotopic (exact) mass is 382 g/mol. The largest absolute Gasteiger partial charge is 0.372 e. The number of thioether (sulfide) groups is 1. The van der Waals surface area contributed by atoms with Gasteiger partial charge in [-0.05, 0) is 69.5 Å². The van der Waals surface area contributed by atoms with Gasteiger partial charge in [-0.3, -0.25) is 0 Å². The van der Waals surface area contributed by atoms with Crippen LogP contribution in [0.5, 0.6) is 0 Å². The smallest absolute Gasteiger partial charge is 0.119 e. The highest BCUT2D eigenvalue weighted by molar-refractivity contribution is 7.99. The van der Waals surface area contributed by atoms with Crippen LogP contribution in [0.3, 0.4) is 0 Å². The second-order valence-electron chi connectivity index (χ2n) is 7.60. The molecule has 1 aromatic carbocycles. The Balaban J connectivity index is 1.30. The first-order valence-corrected chi connectivity index (χ1v) is 11.4. The normalized spacial score (nSPS) is 18.6. The zero-order valence-corrected chi connectivity index (χ0v) is 17.0. The van der Waals surface area contributed by atoms with Crippen LogP contribution in [0.15, 0.2) is 41.4 Å². The van der Waals surface area contributed by atoms with E-state index in [-0.39, 0.29) is 0 Å². The predicted molar refractivity (Wildman–Crippen MR) is 115 cm³/mol. The average Bonchev–Trinajstić information content (AvgIpc) is 2.76. The van der Waals surface area contributed by atoms with Crippen molar-refractivity contribution in [2.75, 3.05) is 43.4 Å². The molecule has 2 fully saturated rings. The Bertz CT molecular complexity index is 689. The van der Waals surface area contributed by atoms with Crippen molar-refractivity contribution in [1.82, 2.24) is 15.1 Å². The van der Waals surface area contributed by atoms with E-state index in [2.05, 4.69) is 56.4 Å². The van der Waals surface area contributed by atoms with Gasteiger partial charge < -0.3 is 9.80 Å². The molecule has 0 saturated carbocycles. The topological polar surface area (TPSA) is 32.3 Å². The molecule has 3 heterocycles. The fourth-order valence-corrected chi connectivity index (χ4v) is 4.83. The van der Waals surface area contributed by atoms with E-state index in [0.29, 0.717) is 0 Å². The lowest BCUT2D eigenvalue weighted by atomic mass is 10.1. The molecule has 0 radical (unpaired) electrons. The summed E-state index contributed by atoms with van der Waals surface area (Å²) in [4.78, 5) is 5.06. The summed E-state index contributed by atoms with van der Waals surface area (Å²) in [7, 11) is 0. The first-order valence-electron chi connectivity index (χ1n) is 10.4. The number of aromatic nitrogens is 2. The first-order chi connectivity index (χ1) is 13.4. The van der Waals surface area contributed by atoms with Gasteiger partial charge in [0.05, 0.1) is 5.69 Å². The molecule has 0 atom stereocenters. The molecule has 0 unspecified atom stereocenters. The summed E-state index contributed by atoms with van der Waals surface area (Å²) < 4.78 is 0. The molecule has 2 aliphatic heterocycles. The van der Waals surface area contributed by atoms with Crippen LogP contribution in [0.4, 0.5) is 5.69 Å². The Morgan fingerprint density at radius 2 is 1.44 bits per heavy atom. The van der Waals surface area contributed by atoms with E-state index in [1.165, 1.54) is 70.4 Å². The molecule has 0 N–H and O–H groups in total. The van der Waals surface area contributed by atoms with Gasteiger partial charge >= 0.3 is 0 Å². The van der Waals surface area contributed by atoms with Gasteiger partial charge in [0.25, 0.3) is 0 Å². The van der Waals surface area contributed by atoms with Gasteiger partial charge in [-0.15, -0.1) is 22.0 Å². The van der Waals surface area contributed by atoms with Crippen molar-refractivity contribution in [2.24, 2.45) is 0 Å². The number of hydrogen-bond donors (Lipinski definition) is 0. The van der Waals surface area contributed by atoms with Gasteiger partial charge in [-0.25, -0.2) is 0 Å². The van der Waals surface area contributed by atoms with Crippen molar-refractivity contribution < 1.29 is 0 Å². The zero-order chi connectivity index (χ0) is 18.3. The highest BCUT2D eigenvalue weighted by Gasteiger charge is 2.12. The lowest BCUT2D eigenvalue weighted by Gasteiger charge is -2.28. The van der Waals surface area contributed by atoms with Crippen LogP contribution in [0, 0.1) is 0 Å². The van der Waals surface area contributed by atoms with Crippen LogP contribution < -0.4 is 4.90 Å². The minimum Gasteiger partial charge on any atom is -0.372 e. The Morgan fingerprint density at radius 3 is 2.11 bits per heavy atom. The van der Waals surface area contributed by atoms with E-state index < -0.39 is 0 Å². The Morgan fingerprint density at radius 1 is 0.741 bits per heavy atom. The minimum atomic E-state index is 0.959. The second kappa shape index (κ2) is 9.56. The molecule has 4 nitrogen and oxygen atoms in total. The summed E-state index contributed by atoms with van der Waals surface area (Å²) in [5.41, 5.74) is 3.44. The maximum Gasteiger partial charge on any atom is 0.119 e. The SMILES string of the molecule is c1cc(N2CCCCC2)ccc1-c1ccc(SCCN2CCCCC2)nn1. The van der Waals surface area contributed by atoms with Gasteiger partial charge in [0.15, 0.2) is 0 Å². The highest BCUT2D eigenvalue weighted by atomic mass is 32.2. The number of likely N-dealkylation sites (tertiary alicyclic amines) is 1. The maximum atomic E-state index is 4.46. The summed E-state index contributed by atoms with van der Waals surface area (Å²) in [6.45, 7) is 6.05. The molecule has 2 aliphatic rings. The van der Waals surface area contributed by atoms with Gasteiger partial charge in [0.2, 0.25) is 0 Å². The molecule has 144 valence electrons. The molecule has 2 saturated heterocycles. The Labute approximate surface area is 167 Å². The minimum absolute atomic E-state index is 0.959. The summed E-state index contributed by atoms with van der Waals surface area (Å²) >= 11 is 1.82. The fraction of sp³-hybridized carbons (Fsp3) is 0.545. The van der Waals surface area contributed by atoms with Gasteiger partial charge in [-0.2, -0.15) is 0 Å². The molecule has 0 bridgehead atoms. The highest BCUT2D eigenvalue weighted by Crippen LogP contribution is 2.25. The summed E-state index contributed by atoms with van der Waals surface area (Å²) in [6.07, 6.45) is 8.10. The van der Waals surface area contributed by atoms with E-state index in [1.807, 2.05) is 11.8 Å². The standard InChI is InChI=1S/C22H30N4S/c1-3-13-25(14-4-1)17-18-27-22-12-11-21(23-24-22)19-7-9-20(10-8-19)26-15-5-2-6-16-26/h7-12H,1-6,13-18H2. The van der Waals surface area contributed by atoms with E-state index in [4.69, 9.17) is 0 Å². The quantitative estimate of drug-likeness (QED) is 0.676. The average molecular weight is 383 g/mol. The van der Waals surface area contributed by atoms with Crippen molar-refractivity contribution >= 4 is 17.4 Å². The number of piperidine rings is 2. The van der Waals surface area contributed by atoms with Gasteiger partial charge in [0, 0.05) is 36.6 Å². The van der Waals surface area contributed by atoms with Crippen molar-refractivity contribution in [2.45, 2.75) is 43.6 Å². The van der Waals surface area contributed by atoms with E-state index >= 15 is 0 Å². The molecular formula is C22H30N4S.